The van der Waals surface area contributed by atoms with Crippen molar-refractivity contribution in [3.05, 3.63) is 85.9 Å². The van der Waals surface area contributed by atoms with Gasteiger partial charge in [-0.1, -0.05) is 40.9 Å². The maximum atomic E-state index is 13.2. The van der Waals surface area contributed by atoms with Crippen molar-refractivity contribution in [3.63, 3.8) is 0 Å². The smallest absolute Gasteiger partial charge is 0.335 e. The van der Waals surface area contributed by atoms with E-state index >= 15 is 0 Å². The highest BCUT2D eigenvalue weighted by molar-refractivity contribution is 6.43. The van der Waals surface area contributed by atoms with E-state index in [2.05, 4.69) is 10.6 Å². The molecule has 2 N–H and O–H groups in total. The van der Waals surface area contributed by atoms with Gasteiger partial charge >= 0.3 is 6.03 Å². The van der Waals surface area contributed by atoms with E-state index in [9.17, 15) is 19.2 Å². The Morgan fingerprint density at radius 1 is 0.950 bits per heavy atom. The van der Waals surface area contributed by atoms with Gasteiger partial charge in [-0.25, -0.2) is 9.69 Å². The summed E-state index contributed by atoms with van der Waals surface area (Å²) >= 11 is 18.4. The molecule has 3 aromatic carbocycles. The summed E-state index contributed by atoms with van der Waals surface area (Å²) < 4.78 is 11.0. The molecule has 0 spiro atoms. The fourth-order valence-corrected chi connectivity index (χ4v) is 4.37. The van der Waals surface area contributed by atoms with Crippen LogP contribution in [0.1, 0.15) is 16.7 Å². The van der Waals surface area contributed by atoms with Gasteiger partial charge < -0.3 is 14.8 Å². The first-order valence-electron chi connectivity index (χ1n) is 11.7. The molecule has 5 amide bonds. The molecule has 1 aliphatic heterocycles. The van der Waals surface area contributed by atoms with Crippen LogP contribution in [0.5, 0.6) is 11.5 Å². The van der Waals surface area contributed by atoms with Crippen LogP contribution in [0.25, 0.3) is 6.08 Å². The molecule has 1 heterocycles. The van der Waals surface area contributed by atoms with Crippen LogP contribution in [0.4, 0.5) is 16.2 Å². The van der Waals surface area contributed by atoms with Crippen molar-refractivity contribution < 1.29 is 28.7 Å². The average Bonchev–Trinajstić information content (AvgIpc) is 2.89. The van der Waals surface area contributed by atoms with Crippen molar-refractivity contribution in [2.24, 2.45) is 0 Å². The summed E-state index contributed by atoms with van der Waals surface area (Å²) in [6, 6.07) is 11.7. The molecule has 0 saturated carbocycles. The number of ether oxygens (including phenoxy) is 2. The largest absolute Gasteiger partial charge is 0.493 e. The van der Waals surface area contributed by atoms with E-state index in [0.717, 1.165) is 16.0 Å². The maximum absolute atomic E-state index is 13.2. The Morgan fingerprint density at radius 2 is 1.70 bits per heavy atom. The molecular weight excluding hydrogens is 581 g/mol. The molecule has 3 aromatic rings. The Labute approximate surface area is 244 Å². The standard InChI is InChI=1S/C28H22Cl3N3O6/c1-14-4-5-17(8-15(14)2)32-24(35)13-40-25-22(31)10-16(11-23(25)39-3)9-19-26(36)33-28(38)34(27(19)37)18-6-7-20(29)21(30)12-18/h4-12H,13H2,1-3H3,(H,32,35)(H,33,36,38)/b19-9-. The lowest BCUT2D eigenvalue weighted by Gasteiger charge is -2.26. The third kappa shape index (κ3) is 6.22. The number of nitrogens with zero attached hydrogens (tertiary/aromatic N) is 1. The zero-order valence-corrected chi connectivity index (χ0v) is 23.7. The fraction of sp³-hybridized carbons (Fsp3) is 0.143. The second-order valence-corrected chi connectivity index (χ2v) is 9.95. The van der Waals surface area contributed by atoms with Crippen LogP contribution >= 0.6 is 34.8 Å². The minimum Gasteiger partial charge on any atom is -0.493 e. The summed E-state index contributed by atoms with van der Waals surface area (Å²) in [6.07, 6.45) is 1.25. The first-order valence-corrected chi connectivity index (χ1v) is 12.9. The van der Waals surface area contributed by atoms with Crippen LogP contribution in [0, 0.1) is 13.8 Å². The number of rotatable bonds is 7. The molecule has 0 aliphatic carbocycles. The molecule has 12 heteroatoms. The molecule has 0 unspecified atom stereocenters. The molecule has 206 valence electrons. The van der Waals surface area contributed by atoms with Crippen LogP contribution in [0.2, 0.25) is 15.1 Å². The summed E-state index contributed by atoms with van der Waals surface area (Å²) in [4.78, 5) is 51.4. The van der Waals surface area contributed by atoms with Gasteiger partial charge in [-0.3, -0.25) is 19.7 Å². The molecule has 1 aliphatic rings. The molecular formula is C28H22Cl3N3O6. The minimum absolute atomic E-state index is 0.0614. The third-order valence-electron chi connectivity index (χ3n) is 5.96. The Bertz CT molecular complexity index is 1590. The quantitative estimate of drug-likeness (QED) is 0.255. The van der Waals surface area contributed by atoms with E-state index in [1.165, 1.54) is 43.5 Å². The number of anilines is 2. The van der Waals surface area contributed by atoms with Crippen LogP contribution in [0.15, 0.2) is 54.1 Å². The van der Waals surface area contributed by atoms with Crippen molar-refractivity contribution in [2.45, 2.75) is 13.8 Å². The molecule has 4 rings (SSSR count). The Hall–Kier alpha value is -4.05. The monoisotopic (exact) mass is 601 g/mol. The number of imide groups is 2. The van der Waals surface area contributed by atoms with E-state index < -0.39 is 23.8 Å². The van der Waals surface area contributed by atoms with Crippen LogP contribution in [0.3, 0.4) is 0 Å². The number of hydrogen-bond donors (Lipinski definition) is 2. The number of methoxy groups -OCH3 is 1. The lowest BCUT2D eigenvalue weighted by atomic mass is 10.1. The van der Waals surface area contributed by atoms with Crippen molar-refractivity contribution in [1.82, 2.24) is 5.32 Å². The SMILES string of the molecule is COc1cc(/C=C2/C(=O)NC(=O)N(c3ccc(Cl)c(Cl)c3)C2=O)cc(Cl)c1OCC(=O)Nc1ccc(C)c(C)c1. The molecule has 0 aromatic heterocycles. The summed E-state index contributed by atoms with van der Waals surface area (Å²) in [7, 11) is 1.37. The van der Waals surface area contributed by atoms with Gasteiger partial charge in [-0.15, -0.1) is 0 Å². The molecule has 0 bridgehead atoms. The van der Waals surface area contributed by atoms with Gasteiger partial charge in [0, 0.05) is 5.69 Å². The van der Waals surface area contributed by atoms with Crippen LogP contribution in [-0.4, -0.2) is 37.5 Å². The number of carbonyl (C=O) groups excluding carboxylic acids is 4. The highest BCUT2D eigenvalue weighted by Gasteiger charge is 2.37. The fourth-order valence-electron chi connectivity index (χ4n) is 3.80. The van der Waals surface area contributed by atoms with Gasteiger partial charge in [0.2, 0.25) is 0 Å². The maximum Gasteiger partial charge on any atom is 0.335 e. The Balaban J connectivity index is 1.56. The predicted molar refractivity (Wildman–Crippen MR) is 154 cm³/mol. The number of hydrogen-bond acceptors (Lipinski definition) is 6. The summed E-state index contributed by atoms with van der Waals surface area (Å²) in [5.74, 6) is -1.95. The van der Waals surface area contributed by atoms with Crippen LogP contribution in [-0.2, 0) is 14.4 Å². The number of urea groups is 1. The van der Waals surface area contributed by atoms with Gasteiger partial charge in [0.25, 0.3) is 17.7 Å². The molecule has 0 atom stereocenters. The first kappa shape index (κ1) is 28.9. The van der Waals surface area contributed by atoms with E-state index in [0.29, 0.717) is 11.3 Å². The average molecular weight is 603 g/mol. The van der Waals surface area contributed by atoms with Crippen molar-refractivity contribution in [3.8, 4) is 11.5 Å². The zero-order valence-electron chi connectivity index (χ0n) is 21.4. The first-order chi connectivity index (χ1) is 19.0. The van der Waals surface area contributed by atoms with Crippen molar-refractivity contribution in [1.29, 1.82) is 0 Å². The lowest BCUT2D eigenvalue weighted by molar-refractivity contribution is -0.122. The number of halogens is 3. The van der Waals surface area contributed by atoms with Crippen molar-refractivity contribution in [2.75, 3.05) is 23.9 Å². The van der Waals surface area contributed by atoms with Gasteiger partial charge in [0.05, 0.1) is 27.9 Å². The van der Waals surface area contributed by atoms with Gasteiger partial charge in [-0.05, 0) is 79.1 Å². The summed E-state index contributed by atoms with van der Waals surface area (Å²) in [5, 5.41) is 5.29. The van der Waals surface area contributed by atoms with Gasteiger partial charge in [0.1, 0.15) is 5.57 Å². The van der Waals surface area contributed by atoms with E-state index in [1.807, 2.05) is 26.0 Å². The zero-order chi connectivity index (χ0) is 29.1. The number of carbonyl (C=O) groups is 4. The molecule has 1 saturated heterocycles. The number of barbiturate groups is 1. The normalized spacial score (nSPS) is 14.3. The van der Waals surface area contributed by atoms with Gasteiger partial charge in [0.15, 0.2) is 18.1 Å². The molecule has 40 heavy (non-hydrogen) atoms. The lowest BCUT2D eigenvalue weighted by Crippen LogP contribution is -2.54. The third-order valence-corrected chi connectivity index (χ3v) is 6.98. The second kappa shape index (κ2) is 12.0. The number of benzene rings is 3. The Kier molecular flexibility index (Phi) is 8.68. The summed E-state index contributed by atoms with van der Waals surface area (Å²) in [6.45, 7) is 3.56. The van der Waals surface area contributed by atoms with E-state index in [-0.39, 0.29) is 44.4 Å². The molecule has 1 fully saturated rings. The van der Waals surface area contributed by atoms with Crippen molar-refractivity contribution >= 4 is 76.0 Å². The predicted octanol–water partition coefficient (Wildman–Crippen LogP) is 5.96. The number of aryl methyl sites for hydroxylation is 2. The second-order valence-electron chi connectivity index (χ2n) is 8.73. The molecule has 9 nitrogen and oxygen atoms in total. The Morgan fingerprint density at radius 3 is 2.38 bits per heavy atom. The molecule has 0 radical (unpaired) electrons. The highest BCUT2D eigenvalue weighted by atomic mass is 35.5. The van der Waals surface area contributed by atoms with E-state index in [1.54, 1.807) is 6.07 Å². The van der Waals surface area contributed by atoms with Crippen LogP contribution < -0.4 is 25.0 Å². The summed E-state index contributed by atoms with van der Waals surface area (Å²) in [5.41, 5.74) is 2.83. The minimum atomic E-state index is -0.941. The van der Waals surface area contributed by atoms with E-state index in [4.69, 9.17) is 44.3 Å². The van der Waals surface area contributed by atoms with Gasteiger partial charge in [-0.2, -0.15) is 0 Å². The highest BCUT2D eigenvalue weighted by Crippen LogP contribution is 2.37. The number of amides is 5. The number of nitrogens with one attached hydrogen (secondary N) is 2. The topological polar surface area (TPSA) is 114 Å².